The average Bonchev–Trinajstić information content (AvgIpc) is 3.52. The van der Waals surface area contributed by atoms with Crippen molar-refractivity contribution in [1.29, 1.82) is 0 Å². The summed E-state index contributed by atoms with van der Waals surface area (Å²) < 4.78 is 0. The molecule has 0 aliphatic heterocycles. The highest BCUT2D eigenvalue weighted by molar-refractivity contribution is 5.94. The number of amides is 2. The molecule has 5 N–H and O–H groups in total. The zero-order valence-electron chi connectivity index (χ0n) is 29.8. The van der Waals surface area contributed by atoms with E-state index in [4.69, 9.17) is 5.73 Å². The molecule has 0 spiro atoms. The number of nitrogens with two attached hydrogens (primary N) is 1. The molecule has 9 atom stereocenters. The summed E-state index contributed by atoms with van der Waals surface area (Å²) in [4.78, 5) is 27.1. The summed E-state index contributed by atoms with van der Waals surface area (Å²) in [5, 5.41) is 17.4. The van der Waals surface area contributed by atoms with Gasteiger partial charge in [-0.3, -0.25) is 9.59 Å². The highest BCUT2D eigenvalue weighted by atomic mass is 16.3. The molecule has 0 radical (unpaired) electrons. The number of hydrogen-bond acceptors (Lipinski definition) is 4. The minimum atomic E-state index is -0.219. The number of benzene rings is 2. The molecule has 5 saturated carbocycles. The highest BCUT2D eigenvalue weighted by Crippen LogP contribution is 2.73. The summed E-state index contributed by atoms with van der Waals surface area (Å²) in [7, 11) is 0. The summed E-state index contributed by atoms with van der Waals surface area (Å²) >= 11 is 0. The number of aliphatic hydroxyl groups is 1. The van der Waals surface area contributed by atoms with E-state index in [1.54, 1.807) is 0 Å². The maximum Gasteiger partial charge on any atom is 0.251 e. The van der Waals surface area contributed by atoms with Crippen LogP contribution in [0.25, 0.3) is 0 Å². The number of rotatable bonds is 7. The normalized spacial score (nSPS) is 38.1. The van der Waals surface area contributed by atoms with Crippen LogP contribution < -0.4 is 16.4 Å². The fourth-order valence-electron chi connectivity index (χ4n) is 12.9. The van der Waals surface area contributed by atoms with E-state index in [-0.39, 0.29) is 28.7 Å². The third-order valence-corrected chi connectivity index (χ3v) is 15.3. The zero-order valence-corrected chi connectivity index (χ0v) is 29.8. The lowest BCUT2D eigenvalue weighted by atomic mass is 9.36. The lowest BCUT2D eigenvalue weighted by molar-refractivity contribution is -0.214. The first-order chi connectivity index (χ1) is 22.9. The van der Waals surface area contributed by atoms with Gasteiger partial charge in [-0.2, -0.15) is 0 Å². The smallest absolute Gasteiger partial charge is 0.251 e. The number of carbonyl (C=O) groups is 2. The van der Waals surface area contributed by atoms with Crippen molar-refractivity contribution in [1.82, 2.24) is 10.6 Å². The summed E-state index contributed by atoms with van der Waals surface area (Å²) in [6, 6.07) is 15.3. The standard InChI is InChI=1S/C42H59N3O3/c1-39(2)34-17-21-40(3)31-16-23-42(20-8-12-32(42)30(31)14-15-35(40)41(34,4)22-18-36(39)46)38(48)44-24-19-27-9-7-11-28(25-27)37(47)45-26-29-10-5-6-13-33(29)43/h5-7,9-11,13,25,30-32,34-36,46H,8,12,14-24,26,43H2,1-4H3,(H,44,48)(H,45,47). The Hall–Kier alpha value is -2.86. The molecule has 2 amide bonds. The number of para-hydroxylation sites is 1. The number of hydrogen-bond donors (Lipinski definition) is 4. The van der Waals surface area contributed by atoms with Gasteiger partial charge in [0, 0.05) is 24.3 Å². The van der Waals surface area contributed by atoms with Gasteiger partial charge >= 0.3 is 0 Å². The first kappa shape index (κ1) is 33.6. The van der Waals surface area contributed by atoms with Crippen LogP contribution in [0.4, 0.5) is 5.69 Å². The van der Waals surface area contributed by atoms with Crippen molar-refractivity contribution in [2.75, 3.05) is 12.3 Å². The first-order valence-corrected chi connectivity index (χ1v) is 19.1. The number of fused-ring (bicyclic) bond motifs is 7. The predicted molar refractivity (Wildman–Crippen MR) is 192 cm³/mol. The minimum Gasteiger partial charge on any atom is -0.398 e. The third kappa shape index (κ3) is 5.40. The Kier molecular flexibility index (Phi) is 8.74. The van der Waals surface area contributed by atoms with Gasteiger partial charge in [0.05, 0.1) is 11.5 Å². The minimum absolute atomic E-state index is 0.0123. The van der Waals surface area contributed by atoms with E-state index >= 15 is 0 Å². The fourth-order valence-corrected chi connectivity index (χ4v) is 12.9. The van der Waals surface area contributed by atoms with Crippen LogP contribution in [-0.2, 0) is 17.8 Å². The lowest BCUT2D eigenvalue weighted by Crippen LogP contribution is -2.63. The molecule has 0 bridgehead atoms. The predicted octanol–water partition coefficient (Wildman–Crippen LogP) is 7.68. The number of aliphatic hydroxyl groups excluding tert-OH is 1. The van der Waals surface area contributed by atoms with Crippen LogP contribution >= 0.6 is 0 Å². The average molecular weight is 654 g/mol. The Balaban J connectivity index is 0.986. The molecule has 5 aliphatic rings. The van der Waals surface area contributed by atoms with Crippen LogP contribution in [0.15, 0.2) is 48.5 Å². The molecule has 5 aliphatic carbocycles. The molecule has 0 heterocycles. The van der Waals surface area contributed by atoms with Gasteiger partial charge in [-0.1, -0.05) is 64.4 Å². The molecule has 0 saturated heterocycles. The molecule has 9 unspecified atom stereocenters. The summed E-state index contributed by atoms with van der Waals surface area (Å²) in [5.74, 6) is 3.32. The van der Waals surface area contributed by atoms with E-state index in [1.165, 1.54) is 44.9 Å². The van der Waals surface area contributed by atoms with Crippen molar-refractivity contribution < 1.29 is 14.7 Å². The molecule has 2 aromatic rings. The van der Waals surface area contributed by atoms with Crippen molar-refractivity contribution >= 4 is 17.5 Å². The van der Waals surface area contributed by atoms with Crippen molar-refractivity contribution in [3.8, 4) is 0 Å². The van der Waals surface area contributed by atoms with Gasteiger partial charge in [-0.15, -0.1) is 0 Å². The summed E-state index contributed by atoms with van der Waals surface area (Å²) in [5.41, 5.74) is 9.71. The molecule has 260 valence electrons. The topological polar surface area (TPSA) is 104 Å². The lowest BCUT2D eigenvalue weighted by Gasteiger charge is -2.69. The molecular formula is C42H59N3O3. The summed E-state index contributed by atoms with van der Waals surface area (Å²) in [6.45, 7) is 10.9. The SMILES string of the molecule is CC1(C)C(O)CCC2(C)C1CCC1(C)C3CCC4(C(=O)NCCc5cccc(C(=O)NCc6ccccc6N)c5)CCCC4C3CCC12. The molecule has 2 aromatic carbocycles. The Bertz CT molecular complexity index is 1540. The maximum absolute atomic E-state index is 14.2. The van der Waals surface area contributed by atoms with Gasteiger partial charge in [0.1, 0.15) is 0 Å². The quantitative estimate of drug-likeness (QED) is 0.230. The Labute approximate surface area is 288 Å². The second-order valence-electron chi connectivity index (χ2n) is 17.7. The zero-order chi connectivity index (χ0) is 33.9. The Morgan fingerprint density at radius 1 is 0.812 bits per heavy atom. The first-order valence-electron chi connectivity index (χ1n) is 19.1. The van der Waals surface area contributed by atoms with Crippen molar-refractivity contribution in [2.45, 2.75) is 117 Å². The van der Waals surface area contributed by atoms with Crippen molar-refractivity contribution in [3.63, 3.8) is 0 Å². The van der Waals surface area contributed by atoms with Crippen LogP contribution in [0.3, 0.4) is 0 Å². The molecule has 7 rings (SSSR count). The van der Waals surface area contributed by atoms with E-state index in [0.717, 1.165) is 36.8 Å². The maximum atomic E-state index is 14.2. The largest absolute Gasteiger partial charge is 0.398 e. The van der Waals surface area contributed by atoms with E-state index in [9.17, 15) is 14.7 Å². The van der Waals surface area contributed by atoms with Gasteiger partial charge in [-0.05, 0) is 146 Å². The van der Waals surface area contributed by atoms with Gasteiger partial charge < -0.3 is 21.5 Å². The second-order valence-corrected chi connectivity index (χ2v) is 17.7. The van der Waals surface area contributed by atoms with Gasteiger partial charge in [0.2, 0.25) is 5.91 Å². The molecule has 48 heavy (non-hydrogen) atoms. The number of carbonyl (C=O) groups excluding carboxylic acids is 2. The van der Waals surface area contributed by atoms with E-state index in [1.807, 2.05) is 48.5 Å². The van der Waals surface area contributed by atoms with E-state index in [2.05, 4.69) is 38.3 Å². The fraction of sp³-hybridized carbons (Fsp3) is 0.667. The van der Waals surface area contributed by atoms with Crippen LogP contribution in [-0.4, -0.2) is 29.6 Å². The van der Waals surface area contributed by atoms with Gasteiger partial charge in [-0.25, -0.2) is 0 Å². The summed E-state index contributed by atoms with van der Waals surface area (Å²) in [6.07, 6.45) is 13.3. The molecule has 6 nitrogen and oxygen atoms in total. The van der Waals surface area contributed by atoms with E-state index < -0.39 is 0 Å². The van der Waals surface area contributed by atoms with Crippen LogP contribution in [0.1, 0.15) is 120 Å². The number of nitrogen functional groups attached to an aromatic ring is 1. The molecular weight excluding hydrogens is 594 g/mol. The third-order valence-electron chi connectivity index (χ3n) is 15.3. The van der Waals surface area contributed by atoms with Gasteiger partial charge in [0.25, 0.3) is 5.91 Å². The van der Waals surface area contributed by atoms with Crippen LogP contribution in [0.2, 0.25) is 0 Å². The second kappa shape index (κ2) is 12.5. The van der Waals surface area contributed by atoms with Crippen molar-refractivity contribution in [2.24, 2.45) is 51.2 Å². The van der Waals surface area contributed by atoms with E-state index in [0.29, 0.717) is 71.2 Å². The van der Waals surface area contributed by atoms with Crippen LogP contribution in [0.5, 0.6) is 0 Å². The number of anilines is 1. The van der Waals surface area contributed by atoms with Crippen molar-refractivity contribution in [3.05, 3.63) is 65.2 Å². The molecule has 0 aromatic heterocycles. The molecule has 6 heteroatoms. The Morgan fingerprint density at radius 2 is 1.60 bits per heavy atom. The monoisotopic (exact) mass is 653 g/mol. The number of nitrogens with one attached hydrogen (secondary N) is 2. The Morgan fingerprint density at radius 3 is 2.42 bits per heavy atom. The van der Waals surface area contributed by atoms with Gasteiger partial charge in [0.15, 0.2) is 0 Å². The van der Waals surface area contributed by atoms with Crippen LogP contribution in [0, 0.1) is 51.2 Å². The molecule has 5 fully saturated rings. The highest BCUT2D eigenvalue weighted by Gasteiger charge is 2.67.